The Morgan fingerprint density at radius 2 is 1.03 bits per heavy atom. The van der Waals surface area contributed by atoms with Gasteiger partial charge in [-0.05, 0) is 48.5 Å². The van der Waals surface area contributed by atoms with Crippen LogP contribution in [0.2, 0.25) is 0 Å². The molecule has 0 aromatic heterocycles. The summed E-state index contributed by atoms with van der Waals surface area (Å²) in [5.74, 6) is 0. The molecule has 3 aromatic carbocycles. The van der Waals surface area contributed by atoms with Crippen LogP contribution in [0.5, 0.6) is 0 Å². The lowest BCUT2D eigenvalue weighted by molar-refractivity contribution is -0.385. The van der Waals surface area contributed by atoms with Crippen LogP contribution in [-0.2, 0) is 10.0 Å². The van der Waals surface area contributed by atoms with Crippen molar-refractivity contribution in [3.8, 4) is 0 Å². The summed E-state index contributed by atoms with van der Waals surface area (Å²) in [6.45, 7) is 0. The monoisotopic (exact) mass is 457 g/mol. The predicted octanol–water partition coefficient (Wildman–Crippen LogP) is 3.95. The van der Waals surface area contributed by atoms with Crippen LogP contribution in [0, 0.1) is 20.2 Å². The minimum Gasteiger partial charge on any atom is -0.308 e. The molecule has 0 radical (unpaired) electrons. The number of nitro benzene ring substituents is 2. The Bertz CT molecular complexity index is 1260. The van der Waals surface area contributed by atoms with Gasteiger partial charge in [-0.2, -0.15) is 0 Å². The lowest BCUT2D eigenvalue weighted by Crippen LogP contribution is -2.19. The lowest BCUT2D eigenvalue weighted by Gasteiger charge is -2.10. The standard InChI is InChI=1S/C19H15N5O7S/c25-19(20-13-1-7-16(8-2-13)23(26)27)21-14-5-11-18(12-6-14)32(30,31)22-15-3-9-17(10-4-15)24(28)29/h1-12,22H,(H2,20,21,25). The summed E-state index contributed by atoms with van der Waals surface area (Å²) in [6.07, 6.45) is 0. The molecule has 0 aliphatic carbocycles. The predicted molar refractivity (Wildman–Crippen MR) is 116 cm³/mol. The number of nitrogens with zero attached hydrogens (tertiary/aromatic N) is 2. The van der Waals surface area contributed by atoms with Crippen LogP contribution >= 0.6 is 0 Å². The molecule has 13 heteroatoms. The largest absolute Gasteiger partial charge is 0.323 e. The quantitative estimate of drug-likeness (QED) is 0.355. The number of hydrogen-bond donors (Lipinski definition) is 3. The molecular weight excluding hydrogens is 442 g/mol. The van der Waals surface area contributed by atoms with Crippen molar-refractivity contribution in [2.45, 2.75) is 4.90 Å². The van der Waals surface area contributed by atoms with E-state index >= 15 is 0 Å². The Morgan fingerprint density at radius 3 is 1.44 bits per heavy atom. The summed E-state index contributed by atoms with van der Waals surface area (Å²) < 4.78 is 27.3. The van der Waals surface area contributed by atoms with Gasteiger partial charge in [0.25, 0.3) is 21.4 Å². The summed E-state index contributed by atoms with van der Waals surface area (Å²) in [7, 11) is -3.95. The van der Waals surface area contributed by atoms with Crippen molar-refractivity contribution in [2.24, 2.45) is 0 Å². The fraction of sp³-hybridized carbons (Fsp3) is 0. The molecule has 3 aromatic rings. The smallest absolute Gasteiger partial charge is 0.308 e. The number of anilines is 3. The van der Waals surface area contributed by atoms with Gasteiger partial charge in [0.1, 0.15) is 0 Å². The number of benzene rings is 3. The van der Waals surface area contributed by atoms with Crippen molar-refractivity contribution in [2.75, 3.05) is 15.4 Å². The molecule has 0 fully saturated rings. The van der Waals surface area contributed by atoms with E-state index < -0.39 is 25.9 Å². The van der Waals surface area contributed by atoms with E-state index in [9.17, 15) is 33.4 Å². The third-order valence-electron chi connectivity index (χ3n) is 4.09. The number of nitro groups is 2. The maximum Gasteiger partial charge on any atom is 0.323 e. The van der Waals surface area contributed by atoms with E-state index in [1.165, 1.54) is 72.8 Å². The Morgan fingerprint density at radius 1 is 0.656 bits per heavy atom. The molecule has 2 amide bonds. The molecule has 32 heavy (non-hydrogen) atoms. The first-order valence-electron chi connectivity index (χ1n) is 8.84. The minimum absolute atomic E-state index is 0.0859. The third kappa shape index (κ3) is 5.54. The van der Waals surface area contributed by atoms with Crippen molar-refractivity contribution in [1.29, 1.82) is 0 Å². The average molecular weight is 457 g/mol. The molecule has 0 heterocycles. The highest BCUT2D eigenvalue weighted by molar-refractivity contribution is 7.92. The molecule has 0 unspecified atom stereocenters. The third-order valence-corrected chi connectivity index (χ3v) is 5.49. The van der Waals surface area contributed by atoms with Gasteiger partial charge in [0.2, 0.25) is 0 Å². The van der Waals surface area contributed by atoms with Crippen LogP contribution in [0.15, 0.2) is 77.7 Å². The first kappa shape index (κ1) is 22.2. The van der Waals surface area contributed by atoms with E-state index in [2.05, 4.69) is 15.4 Å². The van der Waals surface area contributed by atoms with Crippen molar-refractivity contribution in [3.63, 3.8) is 0 Å². The molecule has 0 aliphatic heterocycles. The molecule has 0 aliphatic rings. The number of sulfonamides is 1. The van der Waals surface area contributed by atoms with Crippen LogP contribution < -0.4 is 15.4 Å². The van der Waals surface area contributed by atoms with Crippen molar-refractivity contribution < 1.29 is 23.1 Å². The number of hydrogen-bond acceptors (Lipinski definition) is 7. The van der Waals surface area contributed by atoms with E-state index in [4.69, 9.17) is 0 Å². The molecule has 3 N–H and O–H groups in total. The molecule has 164 valence electrons. The van der Waals surface area contributed by atoms with Crippen molar-refractivity contribution in [1.82, 2.24) is 0 Å². The summed E-state index contributed by atoms with van der Waals surface area (Å²) in [6, 6.07) is 14.8. The van der Waals surface area contributed by atoms with E-state index in [0.717, 1.165) is 0 Å². The van der Waals surface area contributed by atoms with Gasteiger partial charge in [0.15, 0.2) is 0 Å². The molecule has 0 saturated heterocycles. The molecule has 0 saturated carbocycles. The van der Waals surface area contributed by atoms with Crippen LogP contribution in [0.4, 0.5) is 33.2 Å². The first-order valence-corrected chi connectivity index (χ1v) is 10.3. The second kappa shape index (κ2) is 9.09. The van der Waals surface area contributed by atoms with Gasteiger partial charge >= 0.3 is 6.03 Å². The van der Waals surface area contributed by atoms with Crippen LogP contribution in [0.1, 0.15) is 0 Å². The zero-order valence-electron chi connectivity index (χ0n) is 16.1. The summed E-state index contributed by atoms with van der Waals surface area (Å²) >= 11 is 0. The Kier molecular flexibility index (Phi) is 6.30. The molecule has 12 nitrogen and oxygen atoms in total. The summed E-state index contributed by atoms with van der Waals surface area (Å²) in [5.41, 5.74) is 0.504. The number of carbonyl (C=O) groups excluding carboxylic acids is 1. The zero-order chi connectivity index (χ0) is 23.3. The number of rotatable bonds is 7. The van der Waals surface area contributed by atoms with Crippen molar-refractivity contribution in [3.05, 3.63) is 93.0 Å². The normalized spacial score (nSPS) is 10.8. The van der Waals surface area contributed by atoms with Crippen LogP contribution in [-0.4, -0.2) is 24.3 Å². The zero-order valence-corrected chi connectivity index (χ0v) is 16.9. The number of amides is 2. The fourth-order valence-corrected chi connectivity index (χ4v) is 3.60. The number of urea groups is 1. The van der Waals surface area contributed by atoms with Crippen molar-refractivity contribution >= 4 is 44.5 Å². The molecule has 0 atom stereocenters. The average Bonchev–Trinajstić information content (AvgIpc) is 2.74. The van der Waals surface area contributed by atoms with Gasteiger partial charge in [-0.25, -0.2) is 13.2 Å². The van der Waals surface area contributed by atoms with E-state index in [0.29, 0.717) is 11.4 Å². The Balaban J connectivity index is 1.62. The minimum atomic E-state index is -3.95. The van der Waals surface area contributed by atoms with Crippen LogP contribution in [0.3, 0.4) is 0 Å². The van der Waals surface area contributed by atoms with E-state index in [1.807, 2.05) is 0 Å². The highest BCUT2D eigenvalue weighted by Crippen LogP contribution is 2.21. The van der Waals surface area contributed by atoms with Gasteiger partial charge in [-0.1, -0.05) is 0 Å². The maximum atomic E-state index is 12.5. The van der Waals surface area contributed by atoms with Gasteiger partial charge in [0.05, 0.1) is 14.7 Å². The summed E-state index contributed by atoms with van der Waals surface area (Å²) in [4.78, 5) is 32.1. The van der Waals surface area contributed by atoms with E-state index in [1.54, 1.807) is 0 Å². The second-order valence-corrected chi connectivity index (χ2v) is 8.00. The first-order chi connectivity index (χ1) is 15.1. The molecule has 0 spiro atoms. The summed E-state index contributed by atoms with van der Waals surface area (Å²) in [5, 5.41) is 26.3. The van der Waals surface area contributed by atoms with Gasteiger partial charge < -0.3 is 10.6 Å². The lowest BCUT2D eigenvalue weighted by atomic mass is 10.3. The molecule has 3 rings (SSSR count). The Labute approximate surface area is 181 Å². The van der Waals surface area contributed by atoms with Gasteiger partial charge in [-0.15, -0.1) is 0 Å². The SMILES string of the molecule is O=C(Nc1ccc([N+](=O)[O-])cc1)Nc1ccc(S(=O)(=O)Nc2ccc([N+](=O)[O-])cc2)cc1. The highest BCUT2D eigenvalue weighted by atomic mass is 32.2. The van der Waals surface area contributed by atoms with Gasteiger partial charge in [-0.3, -0.25) is 25.0 Å². The van der Waals surface area contributed by atoms with Crippen LogP contribution in [0.25, 0.3) is 0 Å². The second-order valence-electron chi connectivity index (χ2n) is 6.32. The number of carbonyl (C=O) groups is 1. The maximum absolute atomic E-state index is 12.5. The fourth-order valence-electron chi connectivity index (χ4n) is 2.54. The number of nitrogens with one attached hydrogen (secondary N) is 3. The van der Waals surface area contributed by atoms with Gasteiger partial charge in [0, 0.05) is 41.3 Å². The Hall–Kier alpha value is -4.52. The topological polar surface area (TPSA) is 174 Å². The van der Waals surface area contributed by atoms with E-state index in [-0.39, 0.29) is 22.0 Å². The molecular formula is C19H15N5O7S. The highest BCUT2D eigenvalue weighted by Gasteiger charge is 2.15. The number of non-ortho nitro benzene ring substituents is 2. The molecule has 0 bridgehead atoms.